The average molecular weight is 269 g/mol. The van der Waals surface area contributed by atoms with E-state index in [-0.39, 0.29) is 23.3 Å². The fourth-order valence-corrected chi connectivity index (χ4v) is 3.20. The first-order chi connectivity index (χ1) is 8.71. The molecule has 0 aromatic carbocycles. The van der Waals surface area contributed by atoms with Crippen LogP contribution < -0.4 is 11.1 Å². The third-order valence-electron chi connectivity index (χ3n) is 4.03. The fraction of sp³-hybridized carbons (Fsp3) is 0.933. The van der Waals surface area contributed by atoms with Crippen LogP contribution in [0.25, 0.3) is 0 Å². The highest BCUT2D eigenvalue weighted by molar-refractivity contribution is 5.79. The van der Waals surface area contributed by atoms with Crippen molar-refractivity contribution in [3.05, 3.63) is 0 Å². The molecule has 0 aliphatic heterocycles. The van der Waals surface area contributed by atoms with Gasteiger partial charge in [-0.3, -0.25) is 4.79 Å². The minimum absolute atomic E-state index is 0.105. The first-order valence-electron chi connectivity index (χ1n) is 7.39. The molecule has 3 atom stereocenters. The molecule has 0 saturated heterocycles. The van der Waals surface area contributed by atoms with Gasteiger partial charge < -0.3 is 16.0 Å². The van der Waals surface area contributed by atoms with Crippen molar-refractivity contribution >= 4 is 5.91 Å². The number of nitrogens with one attached hydrogen (secondary N) is 1. The van der Waals surface area contributed by atoms with Crippen LogP contribution in [0.15, 0.2) is 0 Å². The largest absolute Gasteiger partial charge is 0.355 e. The molecule has 0 bridgehead atoms. The molecule has 0 heterocycles. The molecule has 1 fully saturated rings. The van der Waals surface area contributed by atoms with E-state index in [1.807, 2.05) is 0 Å². The molecule has 4 nitrogen and oxygen atoms in total. The fourth-order valence-electron chi connectivity index (χ4n) is 3.20. The van der Waals surface area contributed by atoms with Crippen LogP contribution in [0.4, 0.5) is 0 Å². The predicted molar refractivity (Wildman–Crippen MR) is 79.8 cm³/mol. The lowest BCUT2D eigenvalue weighted by molar-refractivity contribution is -0.128. The van der Waals surface area contributed by atoms with Crippen LogP contribution in [-0.4, -0.2) is 44.0 Å². The van der Waals surface area contributed by atoms with Crippen LogP contribution in [0.2, 0.25) is 0 Å². The molecule has 112 valence electrons. The van der Waals surface area contributed by atoms with E-state index in [9.17, 15) is 4.79 Å². The molecule has 3 unspecified atom stereocenters. The third-order valence-corrected chi connectivity index (χ3v) is 4.03. The Labute approximate surface area is 118 Å². The number of amides is 1. The molecule has 1 saturated carbocycles. The van der Waals surface area contributed by atoms with E-state index < -0.39 is 0 Å². The van der Waals surface area contributed by atoms with Gasteiger partial charge in [0.05, 0.1) is 0 Å². The summed E-state index contributed by atoms with van der Waals surface area (Å²) in [6, 6.07) is 0.282. The SMILES string of the molecule is CC1CC(N)CCC1C(=O)NCC(C)(C)CN(C)C. The maximum atomic E-state index is 12.3. The molecular weight excluding hydrogens is 238 g/mol. The van der Waals surface area contributed by atoms with Crippen molar-refractivity contribution in [2.24, 2.45) is 23.0 Å². The summed E-state index contributed by atoms with van der Waals surface area (Å²) in [5.74, 6) is 0.766. The van der Waals surface area contributed by atoms with Gasteiger partial charge in [0.15, 0.2) is 0 Å². The van der Waals surface area contributed by atoms with Crippen molar-refractivity contribution in [3.8, 4) is 0 Å². The second-order valence-corrected chi connectivity index (χ2v) is 7.28. The van der Waals surface area contributed by atoms with E-state index in [2.05, 4.69) is 45.1 Å². The molecule has 0 spiro atoms. The Morgan fingerprint density at radius 3 is 2.53 bits per heavy atom. The van der Waals surface area contributed by atoms with Crippen molar-refractivity contribution in [1.82, 2.24) is 10.2 Å². The van der Waals surface area contributed by atoms with Gasteiger partial charge in [0.2, 0.25) is 5.91 Å². The molecule has 0 aromatic heterocycles. The Kier molecular flexibility index (Phi) is 5.81. The van der Waals surface area contributed by atoms with E-state index in [0.717, 1.165) is 32.4 Å². The highest BCUT2D eigenvalue weighted by Gasteiger charge is 2.31. The van der Waals surface area contributed by atoms with Crippen LogP contribution in [0.3, 0.4) is 0 Å². The lowest BCUT2D eigenvalue weighted by atomic mass is 9.77. The number of nitrogens with zero attached hydrogens (tertiary/aromatic N) is 1. The van der Waals surface area contributed by atoms with Crippen LogP contribution in [0.5, 0.6) is 0 Å². The van der Waals surface area contributed by atoms with Gasteiger partial charge in [-0.05, 0) is 44.7 Å². The van der Waals surface area contributed by atoms with Gasteiger partial charge in [-0.1, -0.05) is 20.8 Å². The zero-order valence-corrected chi connectivity index (χ0v) is 13.2. The van der Waals surface area contributed by atoms with Gasteiger partial charge in [-0.25, -0.2) is 0 Å². The van der Waals surface area contributed by atoms with Crippen molar-refractivity contribution < 1.29 is 4.79 Å². The first kappa shape index (κ1) is 16.4. The monoisotopic (exact) mass is 269 g/mol. The lowest BCUT2D eigenvalue weighted by Gasteiger charge is -2.33. The van der Waals surface area contributed by atoms with Crippen LogP contribution in [0.1, 0.15) is 40.0 Å². The van der Waals surface area contributed by atoms with E-state index in [0.29, 0.717) is 5.92 Å². The third kappa shape index (κ3) is 5.49. The second kappa shape index (κ2) is 6.71. The molecule has 0 aromatic rings. The summed E-state index contributed by atoms with van der Waals surface area (Å²) in [5, 5.41) is 3.14. The topological polar surface area (TPSA) is 58.4 Å². The van der Waals surface area contributed by atoms with Crippen molar-refractivity contribution in [2.75, 3.05) is 27.2 Å². The van der Waals surface area contributed by atoms with Crippen molar-refractivity contribution in [1.29, 1.82) is 0 Å². The number of nitrogens with two attached hydrogens (primary N) is 1. The molecule has 1 amide bonds. The van der Waals surface area contributed by atoms with Crippen LogP contribution >= 0.6 is 0 Å². The van der Waals surface area contributed by atoms with Crippen LogP contribution in [0, 0.1) is 17.3 Å². The summed E-state index contributed by atoms with van der Waals surface area (Å²) in [7, 11) is 4.13. The maximum absolute atomic E-state index is 12.3. The summed E-state index contributed by atoms with van der Waals surface area (Å²) in [6.07, 6.45) is 2.88. The Hall–Kier alpha value is -0.610. The van der Waals surface area contributed by atoms with Gasteiger partial charge in [0.1, 0.15) is 0 Å². The van der Waals surface area contributed by atoms with E-state index in [4.69, 9.17) is 5.73 Å². The molecule has 3 N–H and O–H groups in total. The number of hydrogen-bond acceptors (Lipinski definition) is 3. The smallest absolute Gasteiger partial charge is 0.223 e. The van der Waals surface area contributed by atoms with Crippen molar-refractivity contribution in [2.45, 2.75) is 46.1 Å². The molecule has 1 aliphatic carbocycles. The molecule has 1 aliphatic rings. The van der Waals surface area contributed by atoms with Crippen LogP contribution in [-0.2, 0) is 4.79 Å². The summed E-state index contributed by atoms with van der Waals surface area (Å²) in [6.45, 7) is 8.23. The highest BCUT2D eigenvalue weighted by atomic mass is 16.1. The second-order valence-electron chi connectivity index (χ2n) is 7.28. The number of hydrogen-bond donors (Lipinski definition) is 2. The quantitative estimate of drug-likeness (QED) is 0.794. The van der Waals surface area contributed by atoms with Gasteiger partial charge >= 0.3 is 0 Å². The number of rotatable bonds is 5. The van der Waals surface area contributed by atoms with Gasteiger partial charge in [-0.2, -0.15) is 0 Å². The molecule has 19 heavy (non-hydrogen) atoms. The lowest BCUT2D eigenvalue weighted by Crippen LogP contribution is -2.45. The Balaban J connectivity index is 2.42. The summed E-state index contributed by atoms with van der Waals surface area (Å²) in [5.41, 5.74) is 6.05. The normalized spacial score (nSPS) is 28.5. The van der Waals surface area contributed by atoms with Gasteiger partial charge in [0.25, 0.3) is 0 Å². The Bertz CT molecular complexity index is 302. The van der Waals surface area contributed by atoms with E-state index >= 15 is 0 Å². The standard InChI is InChI=1S/C15H31N3O/c1-11-8-12(16)6-7-13(11)14(19)17-9-15(2,3)10-18(4)5/h11-13H,6-10,16H2,1-5H3,(H,17,19). The highest BCUT2D eigenvalue weighted by Crippen LogP contribution is 2.29. The molecular formula is C15H31N3O. The summed E-state index contributed by atoms with van der Waals surface area (Å²) in [4.78, 5) is 14.4. The first-order valence-corrected chi connectivity index (χ1v) is 7.39. The number of carbonyl (C=O) groups is 1. The van der Waals surface area contributed by atoms with Gasteiger partial charge in [0, 0.05) is 25.0 Å². The Morgan fingerprint density at radius 1 is 1.37 bits per heavy atom. The maximum Gasteiger partial charge on any atom is 0.223 e. The molecule has 1 rings (SSSR count). The minimum Gasteiger partial charge on any atom is -0.355 e. The zero-order chi connectivity index (χ0) is 14.6. The minimum atomic E-state index is 0.105. The zero-order valence-electron chi connectivity index (χ0n) is 13.2. The summed E-state index contributed by atoms with van der Waals surface area (Å²) < 4.78 is 0. The van der Waals surface area contributed by atoms with E-state index in [1.54, 1.807) is 0 Å². The predicted octanol–water partition coefficient (Wildman–Crippen LogP) is 1.45. The van der Waals surface area contributed by atoms with Crippen molar-refractivity contribution in [3.63, 3.8) is 0 Å². The van der Waals surface area contributed by atoms with E-state index in [1.165, 1.54) is 0 Å². The summed E-state index contributed by atoms with van der Waals surface area (Å²) >= 11 is 0. The molecule has 4 heteroatoms. The molecule has 0 radical (unpaired) electrons. The number of carbonyl (C=O) groups excluding carboxylic acids is 1. The average Bonchev–Trinajstić information content (AvgIpc) is 2.24. The van der Waals surface area contributed by atoms with Gasteiger partial charge in [-0.15, -0.1) is 0 Å². The Morgan fingerprint density at radius 2 is 2.00 bits per heavy atom.